The summed E-state index contributed by atoms with van der Waals surface area (Å²) in [6, 6.07) is 7.18. The maximum atomic E-state index is 12.8. The van der Waals surface area contributed by atoms with Gasteiger partial charge in [0.1, 0.15) is 0 Å². The minimum Gasteiger partial charge on any atom is -0.352 e. The van der Waals surface area contributed by atoms with Gasteiger partial charge >= 0.3 is 6.18 Å². The van der Waals surface area contributed by atoms with Gasteiger partial charge in [0, 0.05) is 12.6 Å². The summed E-state index contributed by atoms with van der Waals surface area (Å²) in [6.07, 6.45) is -2.27. The first kappa shape index (κ1) is 19.1. The van der Waals surface area contributed by atoms with E-state index in [0.717, 1.165) is 5.56 Å². The number of hydrogen-bond donors (Lipinski definition) is 2. The lowest BCUT2D eigenvalue weighted by Crippen LogP contribution is -2.51. The molecule has 2 N–H and O–H groups in total. The fourth-order valence-corrected chi connectivity index (χ4v) is 3.56. The lowest BCUT2D eigenvalue weighted by Gasteiger charge is -2.33. The lowest BCUT2D eigenvalue weighted by molar-refractivity contribution is -0.184. The molecule has 0 saturated heterocycles. The van der Waals surface area contributed by atoms with E-state index in [-0.39, 0.29) is 43.2 Å². The summed E-state index contributed by atoms with van der Waals surface area (Å²) in [5.41, 5.74) is 2.30. The van der Waals surface area contributed by atoms with Crippen molar-refractivity contribution in [2.75, 3.05) is 0 Å². The average molecular weight is 363 g/mol. The summed E-state index contributed by atoms with van der Waals surface area (Å²) < 4.78 is 38.5. The maximum Gasteiger partial charge on any atom is 0.391 e. The van der Waals surface area contributed by atoms with E-state index >= 15 is 0 Å². The molecule has 1 heterocycles. The van der Waals surface area contributed by atoms with Crippen LogP contribution in [0.15, 0.2) is 24.3 Å². The van der Waals surface area contributed by atoms with E-state index in [2.05, 4.69) is 10.6 Å². The molecule has 1 aliphatic carbocycles. The summed E-state index contributed by atoms with van der Waals surface area (Å²) in [5, 5.41) is 5.99. The highest BCUT2D eigenvalue weighted by Crippen LogP contribution is 2.37. The van der Waals surface area contributed by atoms with Crippen LogP contribution in [0.2, 0.25) is 0 Å². The molecule has 3 unspecified atom stereocenters. The molecule has 1 aromatic carbocycles. The van der Waals surface area contributed by atoms with Crippen LogP contribution in [0.4, 0.5) is 13.2 Å². The van der Waals surface area contributed by atoms with Gasteiger partial charge in [0.05, 0.1) is 12.0 Å². The normalized spacial score (nSPS) is 26.9. The Balaban J connectivity index is 0.00000208. The number of carbonyl (C=O) groups excluding carboxylic acids is 1. The van der Waals surface area contributed by atoms with Gasteiger partial charge in [0.15, 0.2) is 0 Å². The van der Waals surface area contributed by atoms with E-state index < -0.39 is 12.1 Å². The molecule has 24 heavy (non-hydrogen) atoms. The molecule has 1 saturated carbocycles. The van der Waals surface area contributed by atoms with Crippen molar-refractivity contribution < 1.29 is 18.0 Å². The summed E-state index contributed by atoms with van der Waals surface area (Å²) in [5.74, 6) is -1.48. The third-order valence-electron chi connectivity index (χ3n) is 4.88. The zero-order valence-electron chi connectivity index (χ0n) is 13.2. The predicted molar refractivity (Wildman–Crippen MR) is 88.0 cm³/mol. The van der Waals surface area contributed by atoms with Gasteiger partial charge in [-0.2, -0.15) is 13.2 Å². The standard InChI is InChI=1S/C17H21F3N2O.ClH/c18-17(19,20)13-6-3-7-14(9-13)22-16(23)15-8-11-4-1-2-5-12(11)10-21-15;/h1-2,4-5,13-15,21H,3,6-10H2,(H,22,23);1H. The Kier molecular flexibility index (Phi) is 6.15. The fraction of sp³-hybridized carbons (Fsp3) is 0.588. The van der Waals surface area contributed by atoms with Crippen LogP contribution in [0.1, 0.15) is 36.8 Å². The highest BCUT2D eigenvalue weighted by atomic mass is 35.5. The molecule has 0 bridgehead atoms. The van der Waals surface area contributed by atoms with Gasteiger partial charge in [-0.05, 0) is 36.8 Å². The smallest absolute Gasteiger partial charge is 0.352 e. The number of carbonyl (C=O) groups is 1. The molecule has 7 heteroatoms. The Morgan fingerprint density at radius 3 is 2.58 bits per heavy atom. The second-order valence-electron chi connectivity index (χ2n) is 6.52. The fourth-order valence-electron chi connectivity index (χ4n) is 3.56. The van der Waals surface area contributed by atoms with Crippen molar-refractivity contribution in [3.05, 3.63) is 35.4 Å². The van der Waals surface area contributed by atoms with Gasteiger partial charge in [-0.1, -0.05) is 30.7 Å². The first-order valence-electron chi connectivity index (χ1n) is 8.11. The molecule has 1 aliphatic heterocycles. The quantitative estimate of drug-likeness (QED) is 0.847. The van der Waals surface area contributed by atoms with Gasteiger partial charge in [0.25, 0.3) is 0 Å². The van der Waals surface area contributed by atoms with E-state index in [4.69, 9.17) is 0 Å². The van der Waals surface area contributed by atoms with Crippen molar-refractivity contribution in [2.45, 2.75) is 56.9 Å². The highest BCUT2D eigenvalue weighted by Gasteiger charge is 2.42. The number of rotatable bonds is 2. The minimum atomic E-state index is -4.16. The zero-order chi connectivity index (χ0) is 16.4. The molecule has 1 amide bonds. The summed E-state index contributed by atoms with van der Waals surface area (Å²) >= 11 is 0. The van der Waals surface area contributed by atoms with Gasteiger partial charge in [-0.25, -0.2) is 0 Å². The van der Waals surface area contributed by atoms with Crippen LogP contribution in [0.3, 0.4) is 0 Å². The van der Waals surface area contributed by atoms with E-state index in [1.165, 1.54) is 5.56 Å². The van der Waals surface area contributed by atoms with Crippen molar-refractivity contribution in [1.82, 2.24) is 10.6 Å². The highest BCUT2D eigenvalue weighted by molar-refractivity contribution is 5.85. The number of benzene rings is 1. The number of amides is 1. The van der Waals surface area contributed by atoms with Gasteiger partial charge < -0.3 is 10.6 Å². The summed E-state index contributed by atoms with van der Waals surface area (Å²) in [6.45, 7) is 0.615. The number of alkyl halides is 3. The molecule has 3 rings (SSSR count). The molecule has 1 fully saturated rings. The van der Waals surface area contributed by atoms with E-state index in [9.17, 15) is 18.0 Å². The van der Waals surface area contributed by atoms with Gasteiger partial charge in [-0.3, -0.25) is 4.79 Å². The molecule has 0 spiro atoms. The van der Waals surface area contributed by atoms with Crippen molar-refractivity contribution >= 4 is 18.3 Å². The van der Waals surface area contributed by atoms with Gasteiger partial charge in [0.2, 0.25) is 5.91 Å². The van der Waals surface area contributed by atoms with Crippen LogP contribution in [0.25, 0.3) is 0 Å². The molecular formula is C17H22ClF3N2O. The lowest BCUT2D eigenvalue weighted by atomic mass is 9.85. The zero-order valence-corrected chi connectivity index (χ0v) is 14.1. The number of hydrogen-bond acceptors (Lipinski definition) is 2. The largest absolute Gasteiger partial charge is 0.391 e. The second kappa shape index (κ2) is 7.74. The molecule has 134 valence electrons. The van der Waals surface area contributed by atoms with Crippen LogP contribution in [0.5, 0.6) is 0 Å². The van der Waals surface area contributed by atoms with Crippen molar-refractivity contribution in [1.29, 1.82) is 0 Å². The summed E-state index contributed by atoms with van der Waals surface area (Å²) in [7, 11) is 0. The SMILES string of the molecule is Cl.O=C(NC1CCCC(C(F)(F)F)C1)C1Cc2ccccc2CN1. The first-order chi connectivity index (χ1) is 10.9. The Labute approximate surface area is 145 Å². The van der Waals surface area contributed by atoms with Crippen molar-refractivity contribution in [3.8, 4) is 0 Å². The predicted octanol–water partition coefficient (Wildman–Crippen LogP) is 3.36. The van der Waals surface area contributed by atoms with Crippen molar-refractivity contribution in [2.24, 2.45) is 5.92 Å². The molecule has 0 aromatic heterocycles. The Hall–Kier alpha value is -1.27. The third-order valence-corrected chi connectivity index (χ3v) is 4.88. The molecule has 0 radical (unpaired) electrons. The molecule has 3 atom stereocenters. The number of halogens is 4. The molecule has 3 nitrogen and oxygen atoms in total. The minimum absolute atomic E-state index is 0. The van der Waals surface area contributed by atoms with Crippen molar-refractivity contribution in [3.63, 3.8) is 0 Å². The Morgan fingerprint density at radius 2 is 1.88 bits per heavy atom. The molecule has 1 aromatic rings. The molecular weight excluding hydrogens is 341 g/mol. The Bertz CT molecular complexity index is 579. The van der Waals surface area contributed by atoms with Crippen LogP contribution < -0.4 is 10.6 Å². The van der Waals surface area contributed by atoms with E-state index in [0.29, 0.717) is 25.8 Å². The third kappa shape index (κ3) is 4.42. The average Bonchev–Trinajstić information content (AvgIpc) is 2.54. The maximum absolute atomic E-state index is 12.8. The number of nitrogens with one attached hydrogen (secondary N) is 2. The first-order valence-corrected chi connectivity index (χ1v) is 8.11. The summed E-state index contributed by atoms with van der Waals surface area (Å²) in [4.78, 5) is 12.4. The van der Waals surface area contributed by atoms with Crippen LogP contribution >= 0.6 is 12.4 Å². The van der Waals surface area contributed by atoms with Gasteiger partial charge in [-0.15, -0.1) is 12.4 Å². The van der Waals surface area contributed by atoms with E-state index in [1.807, 2.05) is 24.3 Å². The Morgan fingerprint density at radius 1 is 1.17 bits per heavy atom. The van der Waals surface area contributed by atoms with E-state index in [1.54, 1.807) is 0 Å². The topological polar surface area (TPSA) is 41.1 Å². The monoisotopic (exact) mass is 362 g/mol. The second-order valence-corrected chi connectivity index (χ2v) is 6.52. The van der Waals surface area contributed by atoms with Crippen LogP contribution in [0, 0.1) is 5.92 Å². The van der Waals surface area contributed by atoms with Crippen LogP contribution in [-0.4, -0.2) is 24.2 Å². The number of fused-ring (bicyclic) bond motifs is 1. The molecule has 2 aliphatic rings. The van der Waals surface area contributed by atoms with Crippen LogP contribution in [-0.2, 0) is 17.8 Å².